The average molecular weight is 681 g/mol. The molecule has 4 rings (SSSR count). The molecule has 4 aromatic rings. The van der Waals surface area contributed by atoms with Crippen molar-refractivity contribution in [3.63, 3.8) is 0 Å². The second-order valence-electron chi connectivity index (χ2n) is 11.4. The number of carbonyl (C=O) groups excluding carboxylic acids is 2. The van der Waals surface area contributed by atoms with Crippen molar-refractivity contribution in [2.24, 2.45) is 0 Å². The fourth-order valence-corrected chi connectivity index (χ4v) is 6.99. The molecule has 0 aliphatic carbocycles. The standard InChI is InChI=1S/C36H39Cl2N3O4S/c1-5-27(4)39-36(43)34(22-28-10-7-6-8-11-28)40(23-29-12-9-13-30(37)21-29)35(42)24-41(33-19-16-31(38)20-26(33)3)46(44,45)32-17-14-25(2)15-18-32/h6-21,27,34H,5,22-24H2,1-4H3,(H,39,43)/t27-,34-/m0/s1. The van der Waals surface area contributed by atoms with Crippen LogP contribution >= 0.6 is 23.2 Å². The molecule has 0 aliphatic heterocycles. The first-order valence-electron chi connectivity index (χ1n) is 15.1. The number of carbonyl (C=O) groups is 2. The minimum atomic E-state index is -4.22. The van der Waals surface area contributed by atoms with Crippen LogP contribution in [0.15, 0.2) is 102 Å². The fraction of sp³-hybridized carbons (Fsp3) is 0.278. The van der Waals surface area contributed by atoms with Crippen LogP contribution in [0.5, 0.6) is 0 Å². The van der Waals surface area contributed by atoms with Crippen molar-refractivity contribution in [1.29, 1.82) is 0 Å². The largest absolute Gasteiger partial charge is 0.352 e. The van der Waals surface area contributed by atoms with Gasteiger partial charge in [0, 0.05) is 29.1 Å². The van der Waals surface area contributed by atoms with Gasteiger partial charge < -0.3 is 10.2 Å². The summed E-state index contributed by atoms with van der Waals surface area (Å²) in [5.74, 6) is -0.880. The number of anilines is 1. The Morgan fingerprint density at radius 3 is 2.11 bits per heavy atom. The number of nitrogens with zero attached hydrogens (tertiary/aromatic N) is 2. The van der Waals surface area contributed by atoms with Crippen LogP contribution in [-0.4, -0.2) is 43.8 Å². The van der Waals surface area contributed by atoms with E-state index in [0.29, 0.717) is 33.3 Å². The molecule has 7 nitrogen and oxygen atoms in total. The van der Waals surface area contributed by atoms with Gasteiger partial charge >= 0.3 is 0 Å². The summed E-state index contributed by atoms with van der Waals surface area (Å²) >= 11 is 12.6. The molecule has 2 amide bonds. The zero-order valence-corrected chi connectivity index (χ0v) is 28.7. The zero-order valence-electron chi connectivity index (χ0n) is 26.4. The van der Waals surface area contributed by atoms with Gasteiger partial charge in [0.25, 0.3) is 10.0 Å². The highest BCUT2D eigenvalue weighted by Gasteiger charge is 2.35. The van der Waals surface area contributed by atoms with E-state index in [9.17, 15) is 18.0 Å². The highest BCUT2D eigenvalue weighted by Crippen LogP contribution is 2.30. The summed E-state index contributed by atoms with van der Waals surface area (Å²) in [4.78, 5) is 30.0. The smallest absolute Gasteiger partial charge is 0.264 e. The number of rotatable bonds is 13. The molecule has 0 fully saturated rings. The van der Waals surface area contributed by atoms with Crippen LogP contribution in [0.3, 0.4) is 0 Å². The number of benzene rings is 4. The van der Waals surface area contributed by atoms with Crippen LogP contribution in [0, 0.1) is 13.8 Å². The molecule has 0 heterocycles. The monoisotopic (exact) mass is 679 g/mol. The van der Waals surface area contributed by atoms with Gasteiger partial charge in [-0.25, -0.2) is 8.42 Å². The Labute approximate surface area is 282 Å². The second kappa shape index (κ2) is 15.6. The summed E-state index contributed by atoms with van der Waals surface area (Å²) in [6.07, 6.45) is 0.921. The molecule has 0 radical (unpaired) electrons. The molecular formula is C36H39Cl2N3O4S. The summed E-state index contributed by atoms with van der Waals surface area (Å²) in [6, 6.07) is 26.7. The van der Waals surface area contributed by atoms with E-state index >= 15 is 0 Å². The molecule has 242 valence electrons. The number of halogens is 2. The van der Waals surface area contributed by atoms with E-state index in [0.717, 1.165) is 15.4 Å². The first kappa shape index (κ1) is 35.0. The third-order valence-corrected chi connectivity index (χ3v) is 10.1. The Morgan fingerprint density at radius 2 is 1.48 bits per heavy atom. The molecule has 0 saturated carbocycles. The number of hydrogen-bond donors (Lipinski definition) is 1. The van der Waals surface area contributed by atoms with Crippen LogP contribution in [0.4, 0.5) is 5.69 Å². The van der Waals surface area contributed by atoms with Gasteiger partial charge in [-0.2, -0.15) is 0 Å². The number of amides is 2. The van der Waals surface area contributed by atoms with Gasteiger partial charge in [-0.05, 0) is 86.3 Å². The molecule has 1 N–H and O–H groups in total. The minimum Gasteiger partial charge on any atom is -0.352 e. The Morgan fingerprint density at radius 1 is 0.826 bits per heavy atom. The molecule has 0 spiro atoms. The predicted octanol–water partition coefficient (Wildman–Crippen LogP) is 7.36. The van der Waals surface area contributed by atoms with E-state index in [2.05, 4.69) is 5.32 Å². The highest BCUT2D eigenvalue weighted by atomic mass is 35.5. The SMILES string of the molecule is CC[C@H](C)NC(=O)[C@H](Cc1ccccc1)N(Cc1cccc(Cl)c1)C(=O)CN(c1ccc(Cl)cc1C)S(=O)(=O)c1ccc(C)cc1. The van der Waals surface area contributed by atoms with Gasteiger partial charge in [0.05, 0.1) is 10.6 Å². The Balaban J connectivity index is 1.83. The molecule has 0 aliphatic rings. The quantitative estimate of drug-likeness (QED) is 0.160. The van der Waals surface area contributed by atoms with Crippen molar-refractivity contribution in [2.45, 2.75) is 64.1 Å². The Kier molecular flexibility index (Phi) is 11.9. The van der Waals surface area contributed by atoms with Gasteiger partial charge in [-0.3, -0.25) is 13.9 Å². The van der Waals surface area contributed by atoms with Gasteiger partial charge in [-0.1, -0.05) is 90.3 Å². The van der Waals surface area contributed by atoms with Crippen LogP contribution in [0.1, 0.15) is 42.5 Å². The van der Waals surface area contributed by atoms with Crippen molar-refractivity contribution in [3.05, 3.63) is 129 Å². The lowest BCUT2D eigenvalue weighted by Gasteiger charge is -2.34. The molecule has 0 unspecified atom stereocenters. The Bertz CT molecular complexity index is 1770. The van der Waals surface area contributed by atoms with Crippen molar-refractivity contribution in [1.82, 2.24) is 10.2 Å². The summed E-state index contributed by atoms with van der Waals surface area (Å²) in [5.41, 5.74) is 3.34. The molecule has 0 bridgehead atoms. The lowest BCUT2D eigenvalue weighted by atomic mass is 10.0. The zero-order chi connectivity index (χ0) is 33.4. The summed E-state index contributed by atoms with van der Waals surface area (Å²) < 4.78 is 29.6. The van der Waals surface area contributed by atoms with Crippen LogP contribution in [0.25, 0.3) is 0 Å². The van der Waals surface area contributed by atoms with Crippen LogP contribution in [-0.2, 0) is 32.6 Å². The van der Waals surface area contributed by atoms with E-state index < -0.39 is 28.5 Å². The van der Waals surface area contributed by atoms with E-state index in [1.54, 1.807) is 55.5 Å². The average Bonchev–Trinajstić information content (AvgIpc) is 3.02. The van der Waals surface area contributed by atoms with Gasteiger partial charge in [0.15, 0.2) is 0 Å². The van der Waals surface area contributed by atoms with Gasteiger partial charge in [-0.15, -0.1) is 0 Å². The third-order valence-electron chi connectivity index (χ3n) is 7.83. The summed E-state index contributed by atoms with van der Waals surface area (Å²) in [7, 11) is -4.22. The molecule has 46 heavy (non-hydrogen) atoms. The maximum atomic E-state index is 14.6. The molecule has 10 heteroatoms. The molecule has 2 atom stereocenters. The molecular weight excluding hydrogens is 641 g/mol. The van der Waals surface area contributed by atoms with E-state index in [4.69, 9.17) is 23.2 Å². The Hall–Kier alpha value is -3.85. The lowest BCUT2D eigenvalue weighted by molar-refractivity contribution is -0.140. The van der Waals surface area contributed by atoms with Crippen molar-refractivity contribution >= 4 is 50.7 Å². The third kappa shape index (κ3) is 8.90. The number of aryl methyl sites for hydroxylation is 2. The van der Waals surface area contributed by atoms with Crippen LogP contribution in [0.2, 0.25) is 10.0 Å². The number of sulfonamides is 1. The van der Waals surface area contributed by atoms with E-state index in [1.165, 1.54) is 17.0 Å². The molecule has 4 aromatic carbocycles. The first-order chi connectivity index (χ1) is 21.9. The van der Waals surface area contributed by atoms with Crippen LogP contribution < -0.4 is 9.62 Å². The number of hydrogen-bond acceptors (Lipinski definition) is 4. The topological polar surface area (TPSA) is 86.8 Å². The van der Waals surface area contributed by atoms with Gasteiger partial charge in [0.2, 0.25) is 11.8 Å². The fourth-order valence-electron chi connectivity index (χ4n) is 5.08. The van der Waals surface area contributed by atoms with E-state index in [-0.39, 0.29) is 29.8 Å². The molecule has 0 saturated heterocycles. The minimum absolute atomic E-state index is 0.0306. The van der Waals surface area contributed by atoms with E-state index in [1.807, 2.05) is 57.2 Å². The van der Waals surface area contributed by atoms with Crippen molar-refractivity contribution in [3.8, 4) is 0 Å². The van der Waals surface area contributed by atoms with Gasteiger partial charge in [0.1, 0.15) is 12.6 Å². The normalized spacial score (nSPS) is 12.7. The molecule has 0 aromatic heterocycles. The summed E-state index contributed by atoms with van der Waals surface area (Å²) in [6.45, 7) is 6.95. The second-order valence-corrected chi connectivity index (χ2v) is 14.2. The highest BCUT2D eigenvalue weighted by molar-refractivity contribution is 7.92. The van der Waals surface area contributed by atoms with Crippen molar-refractivity contribution in [2.75, 3.05) is 10.8 Å². The summed E-state index contributed by atoms with van der Waals surface area (Å²) in [5, 5.41) is 3.96. The maximum Gasteiger partial charge on any atom is 0.264 e. The predicted molar refractivity (Wildman–Crippen MR) is 186 cm³/mol. The lowest BCUT2D eigenvalue weighted by Crippen LogP contribution is -2.54. The maximum absolute atomic E-state index is 14.6. The number of nitrogens with one attached hydrogen (secondary N) is 1. The first-order valence-corrected chi connectivity index (χ1v) is 17.3. The van der Waals surface area contributed by atoms with Crippen molar-refractivity contribution < 1.29 is 18.0 Å².